The van der Waals surface area contributed by atoms with Crippen LogP contribution in [0.5, 0.6) is 5.75 Å². The number of aryl methyl sites for hydroxylation is 1. The summed E-state index contributed by atoms with van der Waals surface area (Å²) in [5.41, 5.74) is 5.74. The van der Waals surface area contributed by atoms with E-state index in [4.69, 9.17) is 9.72 Å². The van der Waals surface area contributed by atoms with Crippen molar-refractivity contribution in [1.82, 2.24) is 9.97 Å². The van der Waals surface area contributed by atoms with Gasteiger partial charge >= 0.3 is 0 Å². The molecular weight excluding hydrogens is 274 g/mol. The fourth-order valence-corrected chi connectivity index (χ4v) is 2.80. The summed E-state index contributed by atoms with van der Waals surface area (Å²) in [7, 11) is 5.79. The molecule has 4 heteroatoms. The van der Waals surface area contributed by atoms with Gasteiger partial charge in [0.2, 0.25) is 0 Å². The second-order valence-electron chi connectivity index (χ2n) is 5.73. The Kier molecular flexibility index (Phi) is 3.75. The van der Waals surface area contributed by atoms with Crippen LogP contribution in [-0.2, 0) is 6.42 Å². The molecule has 0 saturated carbocycles. The molecule has 0 bridgehead atoms. The molecule has 0 aliphatic heterocycles. The molecule has 1 N–H and O–H groups in total. The minimum absolute atomic E-state index is 0.782. The van der Waals surface area contributed by atoms with Crippen LogP contribution in [0.4, 0.5) is 5.69 Å². The van der Waals surface area contributed by atoms with Gasteiger partial charge in [-0.2, -0.15) is 0 Å². The fraction of sp³-hybridized carbons (Fsp3) is 0.278. The van der Waals surface area contributed by atoms with Crippen molar-refractivity contribution in [2.45, 2.75) is 13.3 Å². The number of aromatic nitrogens is 2. The van der Waals surface area contributed by atoms with Crippen LogP contribution in [0.3, 0.4) is 0 Å². The third kappa shape index (κ3) is 2.64. The Morgan fingerprint density at radius 1 is 1.09 bits per heavy atom. The Bertz CT molecular complexity index is 788. The number of ether oxygens (including phenoxy) is 1. The van der Waals surface area contributed by atoms with Gasteiger partial charge in [-0.3, -0.25) is 0 Å². The van der Waals surface area contributed by atoms with Crippen molar-refractivity contribution in [3.8, 4) is 5.75 Å². The quantitative estimate of drug-likeness (QED) is 0.800. The van der Waals surface area contributed by atoms with E-state index in [1.54, 1.807) is 7.11 Å². The predicted octanol–water partition coefficient (Wildman–Crippen LogP) is 3.54. The minimum atomic E-state index is 0.782. The predicted molar refractivity (Wildman–Crippen MR) is 91.0 cm³/mol. The molecule has 22 heavy (non-hydrogen) atoms. The van der Waals surface area contributed by atoms with Crippen molar-refractivity contribution < 1.29 is 4.74 Å². The first-order chi connectivity index (χ1) is 10.6. The summed E-state index contributed by atoms with van der Waals surface area (Å²) in [4.78, 5) is 10.4. The third-order valence-electron chi connectivity index (χ3n) is 3.86. The molecule has 0 spiro atoms. The lowest BCUT2D eigenvalue weighted by atomic mass is 10.1. The molecular formula is C18H21N3O. The Morgan fingerprint density at radius 3 is 2.45 bits per heavy atom. The molecule has 3 rings (SSSR count). The second kappa shape index (κ2) is 5.72. The largest absolute Gasteiger partial charge is 0.497 e. The highest BCUT2D eigenvalue weighted by molar-refractivity contribution is 5.90. The zero-order chi connectivity index (χ0) is 15.7. The molecule has 2 aromatic carbocycles. The van der Waals surface area contributed by atoms with Crippen molar-refractivity contribution in [3.05, 3.63) is 53.3 Å². The molecule has 0 aliphatic rings. The highest BCUT2D eigenvalue weighted by atomic mass is 16.5. The lowest BCUT2D eigenvalue weighted by Gasteiger charge is -2.15. The second-order valence-corrected chi connectivity index (χ2v) is 5.73. The first-order valence-electron chi connectivity index (χ1n) is 7.37. The highest BCUT2D eigenvalue weighted by Crippen LogP contribution is 2.28. The van der Waals surface area contributed by atoms with Crippen LogP contribution >= 0.6 is 0 Å². The molecule has 0 atom stereocenters. The van der Waals surface area contributed by atoms with Crippen LogP contribution in [0, 0.1) is 6.92 Å². The highest BCUT2D eigenvalue weighted by Gasteiger charge is 2.12. The number of hydrogen-bond donors (Lipinski definition) is 1. The van der Waals surface area contributed by atoms with E-state index in [0.29, 0.717) is 0 Å². The molecule has 0 radical (unpaired) electrons. The smallest absolute Gasteiger partial charge is 0.118 e. The molecule has 1 aromatic heterocycles. The Balaban J connectivity index is 1.96. The number of aromatic amines is 1. The van der Waals surface area contributed by atoms with Crippen LogP contribution in [0.25, 0.3) is 11.0 Å². The number of fused-ring (bicyclic) bond motifs is 1. The maximum absolute atomic E-state index is 5.19. The number of H-pyrrole nitrogens is 1. The average Bonchev–Trinajstić information content (AvgIpc) is 2.89. The first kappa shape index (κ1) is 14.4. The van der Waals surface area contributed by atoms with E-state index in [9.17, 15) is 0 Å². The van der Waals surface area contributed by atoms with Gasteiger partial charge in [0.1, 0.15) is 17.1 Å². The molecule has 114 valence electrons. The van der Waals surface area contributed by atoms with E-state index in [2.05, 4.69) is 55.2 Å². The maximum Gasteiger partial charge on any atom is 0.118 e. The summed E-state index contributed by atoms with van der Waals surface area (Å²) in [6.07, 6.45) is 0.782. The van der Waals surface area contributed by atoms with Crippen molar-refractivity contribution in [3.63, 3.8) is 0 Å². The SMILES string of the molecule is COc1ccc(Cc2nc3c(N(C)C)c(C)ccc3[nH]2)cc1. The van der Waals surface area contributed by atoms with E-state index >= 15 is 0 Å². The van der Waals surface area contributed by atoms with Gasteiger partial charge in [0.25, 0.3) is 0 Å². The van der Waals surface area contributed by atoms with Gasteiger partial charge < -0.3 is 14.6 Å². The number of benzene rings is 2. The van der Waals surface area contributed by atoms with Gasteiger partial charge in [0.05, 0.1) is 18.3 Å². The summed E-state index contributed by atoms with van der Waals surface area (Å²) < 4.78 is 5.19. The van der Waals surface area contributed by atoms with Gasteiger partial charge in [-0.05, 0) is 36.2 Å². The van der Waals surface area contributed by atoms with Gasteiger partial charge in [-0.15, -0.1) is 0 Å². The van der Waals surface area contributed by atoms with Crippen LogP contribution in [-0.4, -0.2) is 31.2 Å². The number of nitrogens with zero attached hydrogens (tertiary/aromatic N) is 2. The lowest BCUT2D eigenvalue weighted by Crippen LogP contribution is -2.10. The van der Waals surface area contributed by atoms with E-state index in [1.807, 2.05) is 12.1 Å². The summed E-state index contributed by atoms with van der Waals surface area (Å²) in [5, 5.41) is 0. The summed E-state index contributed by atoms with van der Waals surface area (Å²) in [6.45, 7) is 2.12. The normalized spacial score (nSPS) is 10.9. The monoisotopic (exact) mass is 295 g/mol. The topological polar surface area (TPSA) is 41.1 Å². The minimum Gasteiger partial charge on any atom is -0.497 e. The average molecular weight is 295 g/mol. The van der Waals surface area contributed by atoms with Gasteiger partial charge in [0, 0.05) is 20.5 Å². The summed E-state index contributed by atoms with van der Waals surface area (Å²) >= 11 is 0. The van der Waals surface area contributed by atoms with E-state index in [0.717, 1.165) is 29.0 Å². The van der Waals surface area contributed by atoms with Crippen molar-refractivity contribution in [2.24, 2.45) is 0 Å². The van der Waals surface area contributed by atoms with Crippen molar-refractivity contribution in [1.29, 1.82) is 0 Å². The number of rotatable bonds is 4. The van der Waals surface area contributed by atoms with Crippen molar-refractivity contribution >= 4 is 16.7 Å². The van der Waals surface area contributed by atoms with Gasteiger partial charge in [0.15, 0.2) is 0 Å². The number of hydrogen-bond acceptors (Lipinski definition) is 3. The van der Waals surface area contributed by atoms with Crippen LogP contribution in [0.15, 0.2) is 36.4 Å². The van der Waals surface area contributed by atoms with E-state index in [-0.39, 0.29) is 0 Å². The zero-order valence-corrected chi connectivity index (χ0v) is 13.5. The number of nitrogens with one attached hydrogen (secondary N) is 1. The lowest BCUT2D eigenvalue weighted by molar-refractivity contribution is 0.414. The molecule has 0 unspecified atom stereocenters. The zero-order valence-electron chi connectivity index (χ0n) is 13.5. The van der Waals surface area contributed by atoms with Gasteiger partial charge in [-0.1, -0.05) is 18.2 Å². The molecule has 3 aromatic rings. The van der Waals surface area contributed by atoms with Crippen LogP contribution in [0.1, 0.15) is 17.0 Å². The molecule has 0 amide bonds. The summed E-state index contributed by atoms with van der Waals surface area (Å²) in [5.74, 6) is 1.85. The van der Waals surface area contributed by atoms with E-state index < -0.39 is 0 Å². The Morgan fingerprint density at radius 2 is 1.82 bits per heavy atom. The molecule has 0 aliphatic carbocycles. The first-order valence-corrected chi connectivity index (χ1v) is 7.37. The maximum atomic E-state index is 5.19. The number of imidazole rings is 1. The molecule has 0 saturated heterocycles. The molecule has 4 nitrogen and oxygen atoms in total. The Hall–Kier alpha value is -2.49. The molecule has 0 fully saturated rings. The fourth-order valence-electron chi connectivity index (χ4n) is 2.80. The third-order valence-corrected chi connectivity index (χ3v) is 3.86. The molecule has 1 heterocycles. The van der Waals surface area contributed by atoms with E-state index in [1.165, 1.54) is 16.8 Å². The summed E-state index contributed by atoms with van der Waals surface area (Å²) in [6, 6.07) is 12.3. The number of anilines is 1. The van der Waals surface area contributed by atoms with Crippen LogP contribution < -0.4 is 9.64 Å². The van der Waals surface area contributed by atoms with Crippen LogP contribution in [0.2, 0.25) is 0 Å². The Labute approximate surface area is 130 Å². The number of methoxy groups -OCH3 is 1. The van der Waals surface area contributed by atoms with Gasteiger partial charge in [-0.25, -0.2) is 4.98 Å². The van der Waals surface area contributed by atoms with Crippen molar-refractivity contribution in [2.75, 3.05) is 26.1 Å². The standard InChI is InChI=1S/C18H21N3O/c1-12-5-10-15-17(18(12)21(2)3)20-16(19-15)11-13-6-8-14(22-4)9-7-13/h5-10H,11H2,1-4H3,(H,19,20).